The molecular weight excluding hydrogens is 160 g/mol. The van der Waals surface area contributed by atoms with Crippen LogP contribution in [0.1, 0.15) is 47.0 Å². The highest BCUT2D eigenvalue weighted by molar-refractivity contribution is 4.88. The average molecular weight is 184 g/mol. The smallest absolute Gasteiger partial charge is 0.0456 e. The van der Waals surface area contributed by atoms with Crippen LogP contribution in [0, 0.1) is 23.2 Å². The Balaban J connectivity index is 2.50. The molecule has 1 N–H and O–H groups in total. The van der Waals surface area contributed by atoms with Crippen LogP contribution in [0.2, 0.25) is 0 Å². The summed E-state index contributed by atoms with van der Waals surface area (Å²) >= 11 is 0. The van der Waals surface area contributed by atoms with E-state index in [9.17, 15) is 0 Å². The zero-order chi connectivity index (χ0) is 10.1. The molecule has 3 atom stereocenters. The lowest BCUT2D eigenvalue weighted by Crippen LogP contribution is -2.20. The highest BCUT2D eigenvalue weighted by Crippen LogP contribution is 2.48. The number of hydrogen-bond donors (Lipinski definition) is 1. The molecule has 1 fully saturated rings. The van der Waals surface area contributed by atoms with Crippen LogP contribution in [0.5, 0.6) is 0 Å². The molecule has 0 radical (unpaired) electrons. The van der Waals surface area contributed by atoms with E-state index in [-0.39, 0.29) is 0 Å². The van der Waals surface area contributed by atoms with Gasteiger partial charge in [0.05, 0.1) is 0 Å². The van der Waals surface area contributed by atoms with Crippen molar-refractivity contribution < 1.29 is 5.11 Å². The summed E-state index contributed by atoms with van der Waals surface area (Å²) in [5.74, 6) is 2.19. The van der Waals surface area contributed by atoms with E-state index < -0.39 is 0 Å². The monoisotopic (exact) mass is 184 g/mol. The molecule has 1 heteroatoms. The maximum Gasteiger partial charge on any atom is 0.0456 e. The molecule has 0 aromatic carbocycles. The molecular formula is C12H24O. The normalized spacial score (nSPS) is 34.8. The van der Waals surface area contributed by atoms with Crippen molar-refractivity contribution in [2.24, 2.45) is 23.2 Å². The molecule has 0 aromatic rings. The lowest BCUT2D eigenvalue weighted by atomic mass is 9.77. The summed E-state index contributed by atoms with van der Waals surface area (Å²) in [4.78, 5) is 0. The van der Waals surface area contributed by atoms with Gasteiger partial charge < -0.3 is 5.11 Å². The van der Waals surface area contributed by atoms with Gasteiger partial charge in [-0.1, -0.05) is 27.7 Å². The minimum atomic E-state index is 0.348. The van der Waals surface area contributed by atoms with Gasteiger partial charge in [-0.3, -0.25) is 0 Å². The largest absolute Gasteiger partial charge is 0.396 e. The van der Waals surface area contributed by atoms with Gasteiger partial charge in [-0.15, -0.1) is 0 Å². The summed E-state index contributed by atoms with van der Waals surface area (Å²) in [6.45, 7) is 9.61. The Labute approximate surface area is 82.5 Å². The predicted molar refractivity (Wildman–Crippen MR) is 56.5 cm³/mol. The summed E-state index contributed by atoms with van der Waals surface area (Å²) in [6.07, 6.45) is 3.92. The van der Waals surface area contributed by atoms with E-state index in [2.05, 4.69) is 27.7 Å². The molecule has 1 nitrogen and oxygen atoms in total. The Kier molecular flexibility index (Phi) is 3.39. The Morgan fingerprint density at radius 2 is 2.08 bits per heavy atom. The molecule has 0 aromatic heterocycles. The highest BCUT2D eigenvalue weighted by atomic mass is 16.3. The van der Waals surface area contributed by atoms with Crippen LogP contribution in [0.25, 0.3) is 0 Å². The molecule has 1 aliphatic carbocycles. The number of aliphatic hydroxyl groups excluding tert-OH is 1. The van der Waals surface area contributed by atoms with E-state index in [4.69, 9.17) is 5.11 Å². The molecule has 78 valence electrons. The molecule has 1 saturated carbocycles. The maximum absolute atomic E-state index is 9.03. The van der Waals surface area contributed by atoms with Crippen molar-refractivity contribution in [3.63, 3.8) is 0 Å². The van der Waals surface area contributed by atoms with Gasteiger partial charge in [-0.05, 0) is 42.4 Å². The fraction of sp³-hybridized carbons (Fsp3) is 1.00. The second-order valence-electron chi connectivity index (χ2n) is 5.75. The van der Waals surface area contributed by atoms with Crippen LogP contribution in [-0.2, 0) is 0 Å². The topological polar surface area (TPSA) is 20.2 Å². The second kappa shape index (κ2) is 4.00. The van der Waals surface area contributed by atoms with Crippen LogP contribution in [0.15, 0.2) is 0 Å². The summed E-state index contributed by atoms with van der Waals surface area (Å²) < 4.78 is 0. The standard InChI is InChI=1S/C12H24O/c1-9-5-11(6-10(2)8-13)12(3,4)7-9/h9-11,13H,5-8H2,1-4H3. The zero-order valence-electron chi connectivity index (χ0n) is 9.51. The van der Waals surface area contributed by atoms with Gasteiger partial charge in [-0.2, -0.15) is 0 Å². The number of aliphatic hydroxyl groups is 1. The highest BCUT2D eigenvalue weighted by Gasteiger charge is 2.38. The van der Waals surface area contributed by atoms with Crippen molar-refractivity contribution in [1.82, 2.24) is 0 Å². The first-order chi connectivity index (χ1) is 5.95. The second-order valence-corrected chi connectivity index (χ2v) is 5.75. The number of hydrogen-bond acceptors (Lipinski definition) is 1. The first kappa shape index (κ1) is 11.0. The van der Waals surface area contributed by atoms with Gasteiger partial charge in [0.1, 0.15) is 0 Å². The average Bonchev–Trinajstić information content (AvgIpc) is 2.24. The molecule has 1 rings (SSSR count). The van der Waals surface area contributed by atoms with Crippen molar-refractivity contribution in [3.05, 3.63) is 0 Å². The van der Waals surface area contributed by atoms with Gasteiger partial charge in [0.25, 0.3) is 0 Å². The van der Waals surface area contributed by atoms with Gasteiger partial charge in [0.15, 0.2) is 0 Å². The Hall–Kier alpha value is -0.0400. The van der Waals surface area contributed by atoms with E-state index in [1.54, 1.807) is 0 Å². The lowest BCUT2D eigenvalue weighted by Gasteiger charge is -2.28. The summed E-state index contributed by atoms with van der Waals surface area (Å²) in [5, 5.41) is 9.03. The fourth-order valence-corrected chi connectivity index (χ4v) is 2.93. The molecule has 0 aliphatic heterocycles. The third kappa shape index (κ3) is 2.70. The van der Waals surface area contributed by atoms with Crippen LogP contribution < -0.4 is 0 Å². The van der Waals surface area contributed by atoms with E-state index >= 15 is 0 Å². The Bertz CT molecular complexity index is 163. The zero-order valence-corrected chi connectivity index (χ0v) is 9.51. The van der Waals surface area contributed by atoms with E-state index in [1.165, 1.54) is 19.3 Å². The van der Waals surface area contributed by atoms with Crippen molar-refractivity contribution >= 4 is 0 Å². The quantitative estimate of drug-likeness (QED) is 0.714. The van der Waals surface area contributed by atoms with Gasteiger partial charge >= 0.3 is 0 Å². The molecule has 1 aliphatic rings. The van der Waals surface area contributed by atoms with E-state index in [1.807, 2.05) is 0 Å². The predicted octanol–water partition coefficient (Wildman–Crippen LogP) is 3.08. The first-order valence-electron chi connectivity index (χ1n) is 5.56. The Morgan fingerprint density at radius 3 is 2.46 bits per heavy atom. The third-order valence-electron chi connectivity index (χ3n) is 3.67. The SMILES string of the molecule is CC(CO)CC1CC(C)CC1(C)C. The summed E-state index contributed by atoms with van der Waals surface area (Å²) in [7, 11) is 0. The first-order valence-corrected chi connectivity index (χ1v) is 5.56. The fourth-order valence-electron chi connectivity index (χ4n) is 2.93. The molecule has 13 heavy (non-hydrogen) atoms. The summed E-state index contributed by atoms with van der Waals surface area (Å²) in [5.41, 5.74) is 0.503. The van der Waals surface area contributed by atoms with Crippen LogP contribution in [-0.4, -0.2) is 11.7 Å². The van der Waals surface area contributed by atoms with Crippen LogP contribution >= 0.6 is 0 Å². The molecule has 3 unspecified atom stereocenters. The lowest BCUT2D eigenvalue weighted by molar-refractivity contribution is 0.168. The van der Waals surface area contributed by atoms with Gasteiger partial charge in [-0.25, -0.2) is 0 Å². The van der Waals surface area contributed by atoms with Crippen LogP contribution in [0.3, 0.4) is 0 Å². The van der Waals surface area contributed by atoms with Crippen molar-refractivity contribution in [3.8, 4) is 0 Å². The molecule has 0 bridgehead atoms. The number of rotatable bonds is 3. The van der Waals surface area contributed by atoms with E-state index in [0.717, 1.165) is 11.8 Å². The molecule has 0 spiro atoms. The van der Waals surface area contributed by atoms with Gasteiger partial charge in [0, 0.05) is 6.61 Å². The molecule has 0 amide bonds. The van der Waals surface area contributed by atoms with E-state index in [0.29, 0.717) is 17.9 Å². The van der Waals surface area contributed by atoms with Crippen LogP contribution in [0.4, 0.5) is 0 Å². The van der Waals surface area contributed by atoms with Crippen molar-refractivity contribution in [1.29, 1.82) is 0 Å². The maximum atomic E-state index is 9.03. The third-order valence-corrected chi connectivity index (χ3v) is 3.67. The summed E-state index contributed by atoms with van der Waals surface area (Å²) in [6, 6.07) is 0. The molecule has 0 heterocycles. The molecule has 0 saturated heterocycles. The van der Waals surface area contributed by atoms with Gasteiger partial charge in [0.2, 0.25) is 0 Å². The minimum absolute atomic E-state index is 0.348. The Morgan fingerprint density at radius 1 is 1.46 bits per heavy atom. The van der Waals surface area contributed by atoms with Crippen molar-refractivity contribution in [2.45, 2.75) is 47.0 Å². The minimum Gasteiger partial charge on any atom is -0.396 e. The van der Waals surface area contributed by atoms with Crippen molar-refractivity contribution in [2.75, 3.05) is 6.61 Å².